The lowest BCUT2D eigenvalue weighted by atomic mass is 10.00. The van der Waals surface area contributed by atoms with Crippen molar-refractivity contribution in [1.82, 2.24) is 9.55 Å². The molecule has 27 heavy (non-hydrogen) atoms. The minimum absolute atomic E-state index is 1.06. The Hall–Kier alpha value is -3.65. The summed E-state index contributed by atoms with van der Waals surface area (Å²) >= 11 is 0. The van der Waals surface area contributed by atoms with Crippen LogP contribution < -0.4 is 0 Å². The van der Waals surface area contributed by atoms with Crippen molar-refractivity contribution in [2.45, 2.75) is 0 Å². The summed E-state index contributed by atoms with van der Waals surface area (Å²) in [4.78, 5) is 4.75. The van der Waals surface area contributed by atoms with Crippen molar-refractivity contribution in [3.8, 4) is 5.69 Å². The normalized spacial score (nSPS) is 11.7. The number of fused-ring (bicyclic) bond motifs is 8. The monoisotopic (exact) mass is 344 g/mol. The minimum atomic E-state index is 1.06. The summed E-state index contributed by atoms with van der Waals surface area (Å²) in [6.45, 7) is 0. The van der Waals surface area contributed by atoms with Gasteiger partial charge in [0.2, 0.25) is 0 Å². The van der Waals surface area contributed by atoms with Crippen LogP contribution in [-0.2, 0) is 0 Å². The van der Waals surface area contributed by atoms with Crippen molar-refractivity contribution >= 4 is 43.5 Å². The molecular weight excluding hydrogens is 328 g/mol. The van der Waals surface area contributed by atoms with Gasteiger partial charge in [-0.1, -0.05) is 60.7 Å². The number of rotatable bonds is 1. The molecule has 126 valence electrons. The summed E-state index contributed by atoms with van der Waals surface area (Å²) in [6.07, 6.45) is 1.89. The lowest BCUT2D eigenvalue weighted by Gasteiger charge is -2.11. The molecule has 0 aliphatic carbocycles. The fraction of sp³-hybridized carbons (Fsp3) is 0. The van der Waals surface area contributed by atoms with E-state index in [1.165, 1.54) is 43.7 Å². The Morgan fingerprint density at radius 3 is 2.07 bits per heavy atom. The van der Waals surface area contributed by atoms with Crippen LogP contribution in [0.5, 0.6) is 0 Å². The molecule has 0 saturated carbocycles. The third-order valence-corrected chi connectivity index (χ3v) is 5.40. The van der Waals surface area contributed by atoms with E-state index in [1.54, 1.807) is 0 Å². The summed E-state index contributed by atoms with van der Waals surface area (Å²) in [5.41, 5.74) is 4.68. The highest BCUT2D eigenvalue weighted by Crippen LogP contribution is 2.41. The second-order valence-corrected chi connectivity index (χ2v) is 6.86. The molecule has 6 rings (SSSR count). The molecule has 0 N–H and O–H groups in total. The van der Waals surface area contributed by atoms with Crippen molar-refractivity contribution in [2.24, 2.45) is 0 Å². The van der Waals surface area contributed by atoms with Crippen molar-refractivity contribution in [1.29, 1.82) is 0 Å². The van der Waals surface area contributed by atoms with Gasteiger partial charge < -0.3 is 4.57 Å². The summed E-state index contributed by atoms with van der Waals surface area (Å²) < 4.78 is 2.38. The number of pyridine rings is 1. The fourth-order valence-corrected chi connectivity index (χ4v) is 4.33. The standard InChI is InChI=1S/C25H16N2/c1-2-9-17(10-3-1)27-22-15-7-6-13-20(22)23-18-11-4-5-12-19(18)24-21(25(23)27)14-8-16-26-24/h1-16H. The largest absolute Gasteiger partial charge is 0.309 e. The van der Waals surface area contributed by atoms with Gasteiger partial charge in [-0.25, -0.2) is 0 Å². The molecule has 4 aromatic carbocycles. The third kappa shape index (κ3) is 1.92. The van der Waals surface area contributed by atoms with Crippen LogP contribution in [0.25, 0.3) is 49.2 Å². The Balaban J connectivity index is 2.02. The summed E-state index contributed by atoms with van der Waals surface area (Å²) in [6, 6.07) is 32.1. The maximum atomic E-state index is 4.75. The first kappa shape index (κ1) is 14.5. The molecule has 0 fully saturated rings. The van der Waals surface area contributed by atoms with Crippen LogP contribution in [0.1, 0.15) is 0 Å². The van der Waals surface area contributed by atoms with Crippen molar-refractivity contribution in [2.75, 3.05) is 0 Å². The summed E-state index contributed by atoms with van der Waals surface area (Å²) in [5, 5.41) is 6.22. The van der Waals surface area contributed by atoms with Crippen LogP contribution in [0.4, 0.5) is 0 Å². The first-order valence-electron chi connectivity index (χ1n) is 9.17. The van der Waals surface area contributed by atoms with Gasteiger partial charge in [0.05, 0.1) is 16.6 Å². The van der Waals surface area contributed by atoms with Crippen molar-refractivity contribution < 1.29 is 0 Å². The van der Waals surface area contributed by atoms with Gasteiger partial charge in [0.1, 0.15) is 0 Å². The van der Waals surface area contributed by atoms with Gasteiger partial charge in [0.15, 0.2) is 0 Å². The van der Waals surface area contributed by atoms with Gasteiger partial charge in [-0.3, -0.25) is 4.98 Å². The average molecular weight is 344 g/mol. The van der Waals surface area contributed by atoms with Crippen LogP contribution in [0.2, 0.25) is 0 Å². The van der Waals surface area contributed by atoms with E-state index in [0.717, 1.165) is 5.52 Å². The van der Waals surface area contributed by atoms with Gasteiger partial charge in [-0.2, -0.15) is 0 Å². The zero-order valence-corrected chi connectivity index (χ0v) is 14.6. The maximum Gasteiger partial charge on any atom is 0.0801 e. The molecule has 0 spiro atoms. The average Bonchev–Trinajstić information content (AvgIpc) is 3.10. The van der Waals surface area contributed by atoms with E-state index >= 15 is 0 Å². The lowest BCUT2D eigenvalue weighted by molar-refractivity contribution is 1.19. The van der Waals surface area contributed by atoms with Gasteiger partial charge in [0, 0.05) is 33.4 Å². The van der Waals surface area contributed by atoms with E-state index in [4.69, 9.17) is 4.98 Å². The quantitative estimate of drug-likeness (QED) is 0.312. The summed E-state index contributed by atoms with van der Waals surface area (Å²) in [5.74, 6) is 0. The predicted molar refractivity (Wildman–Crippen MR) is 114 cm³/mol. The van der Waals surface area contributed by atoms with Crippen LogP contribution >= 0.6 is 0 Å². The zero-order valence-electron chi connectivity index (χ0n) is 14.6. The Morgan fingerprint density at radius 1 is 0.556 bits per heavy atom. The number of hydrogen-bond donors (Lipinski definition) is 0. The van der Waals surface area contributed by atoms with E-state index in [1.807, 2.05) is 12.3 Å². The molecule has 0 amide bonds. The molecule has 2 heteroatoms. The topological polar surface area (TPSA) is 17.8 Å². The van der Waals surface area contributed by atoms with E-state index in [2.05, 4.69) is 89.5 Å². The molecule has 6 aromatic rings. The van der Waals surface area contributed by atoms with Crippen LogP contribution in [0.3, 0.4) is 0 Å². The van der Waals surface area contributed by atoms with E-state index in [0.29, 0.717) is 0 Å². The molecule has 0 aliphatic heterocycles. The Morgan fingerprint density at radius 2 is 1.22 bits per heavy atom. The van der Waals surface area contributed by atoms with Crippen LogP contribution in [-0.4, -0.2) is 9.55 Å². The lowest BCUT2D eigenvalue weighted by Crippen LogP contribution is -1.94. The predicted octanol–water partition coefficient (Wildman–Crippen LogP) is 6.49. The molecule has 0 unspecified atom stereocenters. The smallest absolute Gasteiger partial charge is 0.0801 e. The molecular formula is C25H16N2. The number of para-hydroxylation sites is 2. The van der Waals surface area contributed by atoms with Gasteiger partial charge in [0.25, 0.3) is 0 Å². The van der Waals surface area contributed by atoms with E-state index in [9.17, 15) is 0 Å². The first-order valence-corrected chi connectivity index (χ1v) is 9.17. The minimum Gasteiger partial charge on any atom is -0.309 e. The van der Waals surface area contributed by atoms with Gasteiger partial charge in [-0.05, 0) is 35.7 Å². The molecule has 2 aromatic heterocycles. The number of aromatic nitrogens is 2. The molecule has 0 aliphatic rings. The zero-order chi connectivity index (χ0) is 17.8. The second kappa shape index (κ2) is 5.42. The number of benzene rings is 4. The van der Waals surface area contributed by atoms with Crippen LogP contribution in [0, 0.1) is 0 Å². The highest BCUT2D eigenvalue weighted by molar-refractivity contribution is 6.31. The molecule has 2 heterocycles. The van der Waals surface area contributed by atoms with Crippen molar-refractivity contribution in [3.63, 3.8) is 0 Å². The number of hydrogen-bond acceptors (Lipinski definition) is 1. The molecule has 0 saturated heterocycles. The molecule has 0 atom stereocenters. The molecule has 2 nitrogen and oxygen atoms in total. The van der Waals surface area contributed by atoms with Crippen LogP contribution in [0.15, 0.2) is 97.2 Å². The van der Waals surface area contributed by atoms with Crippen molar-refractivity contribution in [3.05, 3.63) is 97.2 Å². The summed E-state index contributed by atoms with van der Waals surface area (Å²) in [7, 11) is 0. The van der Waals surface area contributed by atoms with E-state index < -0.39 is 0 Å². The van der Waals surface area contributed by atoms with Gasteiger partial charge >= 0.3 is 0 Å². The number of nitrogens with zero attached hydrogens (tertiary/aromatic N) is 2. The molecule has 0 radical (unpaired) electrons. The van der Waals surface area contributed by atoms with E-state index in [-0.39, 0.29) is 0 Å². The first-order chi connectivity index (χ1) is 13.4. The SMILES string of the molecule is c1ccc(-n2c3ccccc3c3c4ccccc4c4ncccc4c32)cc1. The Bertz CT molecular complexity index is 1460. The Kier molecular flexibility index (Phi) is 2.91. The van der Waals surface area contributed by atoms with Gasteiger partial charge in [-0.15, -0.1) is 0 Å². The Labute approximate surface area is 156 Å². The fourth-order valence-electron chi connectivity index (χ4n) is 4.33. The maximum absolute atomic E-state index is 4.75. The highest BCUT2D eigenvalue weighted by Gasteiger charge is 2.18. The third-order valence-electron chi connectivity index (χ3n) is 5.40. The highest BCUT2D eigenvalue weighted by atomic mass is 15.0. The second-order valence-electron chi connectivity index (χ2n) is 6.86. The molecule has 0 bridgehead atoms.